The van der Waals surface area contributed by atoms with Gasteiger partial charge in [0, 0.05) is 36.1 Å². The number of nitrogens with zero attached hydrogens (tertiary/aromatic N) is 1. The van der Waals surface area contributed by atoms with E-state index in [4.69, 9.17) is 5.11 Å². The van der Waals surface area contributed by atoms with E-state index in [-0.39, 0.29) is 31.3 Å². The third-order valence-electron chi connectivity index (χ3n) is 3.85. The van der Waals surface area contributed by atoms with Crippen LogP contribution in [-0.4, -0.2) is 47.4 Å². The molecule has 0 unspecified atom stereocenters. The number of benzene rings is 1. The highest BCUT2D eigenvalue weighted by Gasteiger charge is 2.27. The van der Waals surface area contributed by atoms with Crippen molar-refractivity contribution in [3.8, 4) is 0 Å². The van der Waals surface area contributed by atoms with Crippen LogP contribution in [0.3, 0.4) is 0 Å². The molecule has 23 heavy (non-hydrogen) atoms. The number of aliphatic carboxylic acids is 1. The van der Waals surface area contributed by atoms with Crippen LogP contribution in [0.15, 0.2) is 28.7 Å². The van der Waals surface area contributed by atoms with Crippen molar-refractivity contribution >= 4 is 33.7 Å². The Morgan fingerprint density at radius 2 is 1.96 bits per heavy atom. The van der Waals surface area contributed by atoms with Crippen LogP contribution in [0.5, 0.6) is 0 Å². The highest BCUT2D eigenvalue weighted by atomic mass is 79.9. The van der Waals surface area contributed by atoms with Crippen LogP contribution in [0.2, 0.25) is 0 Å². The molecule has 0 aromatic heterocycles. The van der Waals surface area contributed by atoms with E-state index >= 15 is 0 Å². The summed E-state index contributed by atoms with van der Waals surface area (Å²) in [7, 11) is 0. The van der Waals surface area contributed by atoms with Crippen molar-refractivity contribution in [3.63, 3.8) is 0 Å². The van der Waals surface area contributed by atoms with Crippen molar-refractivity contribution in [2.24, 2.45) is 5.92 Å². The molecule has 1 heterocycles. The number of carbonyl (C=O) groups excluding carboxylic acids is 2. The van der Waals surface area contributed by atoms with E-state index in [1.165, 1.54) is 0 Å². The number of piperidine rings is 1. The molecular weight excluding hydrogens is 364 g/mol. The molecule has 1 aromatic rings. The van der Waals surface area contributed by atoms with Gasteiger partial charge >= 0.3 is 5.97 Å². The van der Waals surface area contributed by atoms with E-state index < -0.39 is 11.9 Å². The lowest BCUT2D eigenvalue weighted by atomic mass is 9.98. The van der Waals surface area contributed by atoms with Gasteiger partial charge in [0.25, 0.3) is 5.91 Å². The summed E-state index contributed by atoms with van der Waals surface area (Å²) in [5.74, 6) is -1.68. The van der Waals surface area contributed by atoms with Gasteiger partial charge in [-0.05, 0) is 37.1 Å². The lowest BCUT2D eigenvalue weighted by molar-refractivity contribution is -0.145. The fourth-order valence-corrected chi connectivity index (χ4v) is 2.81. The molecule has 2 amide bonds. The number of halogens is 1. The minimum absolute atomic E-state index is 0.118. The standard InChI is InChI=1S/C16H19BrN2O4/c17-13-5-3-11(4-6-13)15(21)18-8-7-14(20)19-9-1-2-12(10-19)16(22)23/h3-6,12H,1-2,7-10H2,(H,18,21)(H,22,23)/t12-/m0/s1. The summed E-state index contributed by atoms with van der Waals surface area (Å²) in [5.41, 5.74) is 0.532. The zero-order valence-electron chi connectivity index (χ0n) is 12.6. The zero-order valence-corrected chi connectivity index (χ0v) is 14.2. The Hall–Kier alpha value is -1.89. The van der Waals surface area contributed by atoms with Crippen LogP contribution < -0.4 is 5.32 Å². The van der Waals surface area contributed by atoms with Gasteiger partial charge in [0.1, 0.15) is 0 Å². The molecule has 124 valence electrons. The van der Waals surface area contributed by atoms with Crippen LogP contribution in [0.1, 0.15) is 29.6 Å². The van der Waals surface area contributed by atoms with Gasteiger partial charge in [-0.1, -0.05) is 15.9 Å². The summed E-state index contributed by atoms with van der Waals surface area (Å²) in [4.78, 5) is 36.6. The molecule has 0 spiro atoms. The van der Waals surface area contributed by atoms with Crippen molar-refractivity contribution in [3.05, 3.63) is 34.3 Å². The summed E-state index contributed by atoms with van der Waals surface area (Å²) in [6.45, 7) is 1.08. The zero-order chi connectivity index (χ0) is 16.8. The first-order valence-electron chi connectivity index (χ1n) is 7.51. The largest absolute Gasteiger partial charge is 0.481 e. The molecule has 0 radical (unpaired) electrons. The van der Waals surface area contributed by atoms with Gasteiger partial charge in [0.2, 0.25) is 5.91 Å². The predicted octanol–water partition coefficient (Wildman–Crippen LogP) is 1.89. The van der Waals surface area contributed by atoms with E-state index in [0.717, 1.165) is 4.47 Å². The maximum atomic E-state index is 12.1. The number of nitrogens with one attached hydrogen (secondary N) is 1. The summed E-state index contributed by atoms with van der Waals surface area (Å²) in [6, 6.07) is 6.95. The molecular formula is C16H19BrN2O4. The summed E-state index contributed by atoms with van der Waals surface area (Å²) in [5, 5.41) is 11.7. The SMILES string of the molecule is O=C(NCCC(=O)N1CCC[C@H](C(=O)O)C1)c1ccc(Br)cc1. The van der Waals surface area contributed by atoms with E-state index in [2.05, 4.69) is 21.2 Å². The number of hydrogen-bond acceptors (Lipinski definition) is 3. The fraction of sp³-hybridized carbons (Fsp3) is 0.438. The molecule has 0 bridgehead atoms. The molecule has 1 saturated heterocycles. The molecule has 0 aliphatic carbocycles. The number of carbonyl (C=O) groups is 3. The highest BCUT2D eigenvalue weighted by molar-refractivity contribution is 9.10. The Morgan fingerprint density at radius 1 is 1.26 bits per heavy atom. The van der Waals surface area contributed by atoms with Gasteiger partial charge in [-0.3, -0.25) is 14.4 Å². The number of hydrogen-bond donors (Lipinski definition) is 2. The summed E-state index contributed by atoms with van der Waals surface area (Å²) < 4.78 is 0.891. The lowest BCUT2D eigenvalue weighted by Gasteiger charge is -2.30. The molecule has 1 aliphatic rings. The molecule has 2 N–H and O–H groups in total. The van der Waals surface area contributed by atoms with Crippen molar-refractivity contribution in [1.82, 2.24) is 10.2 Å². The molecule has 1 aliphatic heterocycles. The van der Waals surface area contributed by atoms with Gasteiger partial charge in [-0.2, -0.15) is 0 Å². The fourth-order valence-electron chi connectivity index (χ4n) is 2.55. The minimum Gasteiger partial charge on any atom is -0.481 e. The molecule has 1 fully saturated rings. The Morgan fingerprint density at radius 3 is 2.61 bits per heavy atom. The maximum absolute atomic E-state index is 12.1. The van der Waals surface area contributed by atoms with Gasteiger partial charge in [0.15, 0.2) is 0 Å². The van der Waals surface area contributed by atoms with Crippen molar-refractivity contribution in [1.29, 1.82) is 0 Å². The van der Waals surface area contributed by atoms with Crippen LogP contribution in [0.4, 0.5) is 0 Å². The number of amides is 2. The van der Waals surface area contributed by atoms with Gasteiger partial charge < -0.3 is 15.3 Å². The second kappa shape index (κ2) is 8.10. The molecule has 1 aromatic carbocycles. The lowest BCUT2D eigenvalue weighted by Crippen LogP contribution is -2.43. The average molecular weight is 383 g/mol. The first-order chi connectivity index (χ1) is 11.0. The molecule has 6 nitrogen and oxygen atoms in total. The number of rotatable bonds is 5. The van der Waals surface area contributed by atoms with Gasteiger partial charge in [-0.15, -0.1) is 0 Å². The summed E-state index contributed by atoms with van der Waals surface area (Å²) >= 11 is 3.30. The van der Waals surface area contributed by atoms with E-state index in [1.54, 1.807) is 29.2 Å². The van der Waals surface area contributed by atoms with Gasteiger partial charge in [0.05, 0.1) is 5.92 Å². The topological polar surface area (TPSA) is 86.7 Å². The minimum atomic E-state index is -0.856. The van der Waals surface area contributed by atoms with Crippen LogP contribution in [0, 0.1) is 5.92 Å². The molecule has 2 rings (SSSR count). The first-order valence-corrected chi connectivity index (χ1v) is 8.31. The normalized spacial score (nSPS) is 17.6. The molecule has 1 atom stereocenters. The van der Waals surface area contributed by atoms with E-state index in [1.807, 2.05) is 0 Å². The van der Waals surface area contributed by atoms with E-state index in [0.29, 0.717) is 24.9 Å². The quantitative estimate of drug-likeness (QED) is 0.813. The van der Waals surface area contributed by atoms with Crippen molar-refractivity contribution in [2.45, 2.75) is 19.3 Å². The van der Waals surface area contributed by atoms with Crippen LogP contribution in [0.25, 0.3) is 0 Å². The first kappa shape index (κ1) is 17.5. The van der Waals surface area contributed by atoms with Crippen LogP contribution in [-0.2, 0) is 9.59 Å². The Labute approximate surface area is 143 Å². The third-order valence-corrected chi connectivity index (χ3v) is 4.38. The number of carboxylic acids is 1. The Balaban J connectivity index is 1.77. The maximum Gasteiger partial charge on any atom is 0.308 e. The van der Waals surface area contributed by atoms with Crippen molar-refractivity contribution < 1.29 is 19.5 Å². The van der Waals surface area contributed by atoms with E-state index in [9.17, 15) is 14.4 Å². The Kier molecular flexibility index (Phi) is 6.15. The molecule has 0 saturated carbocycles. The smallest absolute Gasteiger partial charge is 0.308 e. The third kappa shape index (κ3) is 5.06. The van der Waals surface area contributed by atoms with Crippen LogP contribution >= 0.6 is 15.9 Å². The summed E-state index contributed by atoms with van der Waals surface area (Å²) in [6.07, 6.45) is 1.49. The van der Waals surface area contributed by atoms with Crippen molar-refractivity contribution in [2.75, 3.05) is 19.6 Å². The highest BCUT2D eigenvalue weighted by Crippen LogP contribution is 2.17. The average Bonchev–Trinajstić information content (AvgIpc) is 2.55. The monoisotopic (exact) mass is 382 g/mol. The predicted molar refractivity (Wildman–Crippen MR) is 88.0 cm³/mol. The Bertz CT molecular complexity index is 588. The number of carboxylic acid groups (broad SMARTS) is 1. The second-order valence-electron chi connectivity index (χ2n) is 5.53. The second-order valence-corrected chi connectivity index (χ2v) is 6.45. The van der Waals surface area contributed by atoms with Gasteiger partial charge in [-0.25, -0.2) is 0 Å². The molecule has 7 heteroatoms. The number of likely N-dealkylation sites (tertiary alicyclic amines) is 1.